The van der Waals surface area contributed by atoms with Gasteiger partial charge in [0.2, 0.25) is 5.91 Å². The first-order valence-corrected chi connectivity index (χ1v) is 7.59. The molecule has 1 heterocycles. The van der Waals surface area contributed by atoms with Gasteiger partial charge in [0.15, 0.2) is 0 Å². The molecule has 1 aliphatic heterocycles. The van der Waals surface area contributed by atoms with Crippen LogP contribution in [0.1, 0.15) is 38.5 Å². The highest BCUT2D eigenvalue weighted by Gasteiger charge is 2.22. The number of nitrogens with zero attached hydrogens (tertiary/aromatic N) is 1. The van der Waals surface area contributed by atoms with Gasteiger partial charge in [-0.3, -0.25) is 4.79 Å². The normalized spacial score (nSPS) is 16.6. The molecule has 0 saturated carbocycles. The van der Waals surface area contributed by atoms with Crippen LogP contribution in [0.3, 0.4) is 0 Å². The largest absolute Gasteiger partial charge is 0.465 e. The monoisotopic (exact) mass is 320 g/mol. The second-order valence-corrected chi connectivity index (χ2v) is 5.40. The Labute approximate surface area is 116 Å². The fourth-order valence-corrected chi connectivity index (χ4v) is 2.47. The standard InChI is InChI=1S/C12H21BrN2O3/c13-7-3-1-2-4-11(16)14-10-5-8-15(9-6-10)12(17)18/h10H,1-9H2,(H,14,16)(H,17,18). The van der Waals surface area contributed by atoms with Crippen molar-refractivity contribution >= 4 is 27.9 Å². The number of piperidine rings is 1. The van der Waals surface area contributed by atoms with E-state index in [2.05, 4.69) is 21.2 Å². The number of halogens is 1. The highest BCUT2D eigenvalue weighted by atomic mass is 79.9. The summed E-state index contributed by atoms with van der Waals surface area (Å²) < 4.78 is 0. The van der Waals surface area contributed by atoms with Gasteiger partial charge in [-0.15, -0.1) is 0 Å². The number of nitrogens with one attached hydrogen (secondary N) is 1. The Morgan fingerprint density at radius 1 is 1.22 bits per heavy atom. The van der Waals surface area contributed by atoms with Gasteiger partial charge in [-0.25, -0.2) is 4.79 Å². The van der Waals surface area contributed by atoms with Crippen molar-refractivity contribution in [1.82, 2.24) is 10.2 Å². The van der Waals surface area contributed by atoms with Gasteiger partial charge in [0, 0.05) is 30.9 Å². The molecular formula is C12H21BrN2O3. The maximum absolute atomic E-state index is 11.6. The van der Waals surface area contributed by atoms with E-state index in [-0.39, 0.29) is 11.9 Å². The predicted molar refractivity (Wildman–Crippen MR) is 73.0 cm³/mol. The third-order valence-corrected chi connectivity index (χ3v) is 3.73. The van der Waals surface area contributed by atoms with E-state index >= 15 is 0 Å². The van der Waals surface area contributed by atoms with Gasteiger partial charge >= 0.3 is 6.09 Å². The molecule has 2 N–H and O–H groups in total. The Morgan fingerprint density at radius 3 is 2.44 bits per heavy atom. The van der Waals surface area contributed by atoms with Gasteiger partial charge in [-0.05, 0) is 25.7 Å². The zero-order chi connectivity index (χ0) is 13.4. The van der Waals surface area contributed by atoms with Crippen LogP contribution in [0.5, 0.6) is 0 Å². The van der Waals surface area contributed by atoms with Crippen LogP contribution in [0.4, 0.5) is 4.79 Å². The number of hydrogen-bond acceptors (Lipinski definition) is 2. The molecule has 5 nitrogen and oxygen atoms in total. The average Bonchev–Trinajstić information content (AvgIpc) is 2.35. The molecule has 0 aromatic carbocycles. The Kier molecular flexibility index (Phi) is 7.08. The van der Waals surface area contributed by atoms with Gasteiger partial charge in [0.1, 0.15) is 0 Å². The van der Waals surface area contributed by atoms with Crippen LogP contribution in [0.25, 0.3) is 0 Å². The van der Waals surface area contributed by atoms with Crippen LogP contribution >= 0.6 is 15.9 Å². The van der Waals surface area contributed by atoms with Crippen molar-refractivity contribution in [3.05, 3.63) is 0 Å². The molecule has 0 bridgehead atoms. The number of hydrogen-bond donors (Lipinski definition) is 2. The van der Waals surface area contributed by atoms with Crippen LogP contribution in [0.2, 0.25) is 0 Å². The van der Waals surface area contributed by atoms with Crippen molar-refractivity contribution in [3.63, 3.8) is 0 Å². The fourth-order valence-electron chi connectivity index (χ4n) is 2.07. The smallest absolute Gasteiger partial charge is 0.407 e. The highest BCUT2D eigenvalue weighted by molar-refractivity contribution is 9.09. The van der Waals surface area contributed by atoms with Crippen LogP contribution in [0, 0.1) is 0 Å². The van der Waals surface area contributed by atoms with E-state index in [1.807, 2.05) is 0 Å². The minimum absolute atomic E-state index is 0.0957. The third-order valence-electron chi connectivity index (χ3n) is 3.17. The molecule has 1 aliphatic rings. The summed E-state index contributed by atoms with van der Waals surface area (Å²) in [4.78, 5) is 23.8. The molecule has 0 unspecified atom stereocenters. The quantitative estimate of drug-likeness (QED) is 0.582. The van der Waals surface area contributed by atoms with Crippen LogP contribution in [-0.2, 0) is 4.79 Å². The van der Waals surface area contributed by atoms with Crippen LogP contribution in [-0.4, -0.2) is 46.5 Å². The van der Waals surface area contributed by atoms with Crippen molar-refractivity contribution in [1.29, 1.82) is 0 Å². The van der Waals surface area contributed by atoms with E-state index in [1.165, 1.54) is 4.90 Å². The number of rotatable bonds is 6. The Morgan fingerprint density at radius 2 is 1.89 bits per heavy atom. The molecule has 104 valence electrons. The first-order chi connectivity index (χ1) is 8.63. The summed E-state index contributed by atoms with van der Waals surface area (Å²) in [7, 11) is 0. The topological polar surface area (TPSA) is 69.6 Å². The maximum atomic E-state index is 11.6. The summed E-state index contributed by atoms with van der Waals surface area (Å²) in [5.74, 6) is 0.0957. The zero-order valence-electron chi connectivity index (χ0n) is 10.5. The van der Waals surface area contributed by atoms with Gasteiger partial charge in [-0.1, -0.05) is 22.4 Å². The maximum Gasteiger partial charge on any atom is 0.407 e. The van der Waals surface area contributed by atoms with E-state index in [1.54, 1.807) is 0 Å². The first kappa shape index (κ1) is 15.3. The van der Waals surface area contributed by atoms with E-state index in [4.69, 9.17) is 5.11 Å². The fraction of sp³-hybridized carbons (Fsp3) is 0.833. The van der Waals surface area contributed by atoms with Crippen molar-refractivity contribution in [2.75, 3.05) is 18.4 Å². The molecule has 1 fully saturated rings. The van der Waals surface area contributed by atoms with E-state index in [9.17, 15) is 9.59 Å². The summed E-state index contributed by atoms with van der Waals surface area (Å²) >= 11 is 3.36. The molecule has 6 heteroatoms. The lowest BCUT2D eigenvalue weighted by Gasteiger charge is -2.30. The lowest BCUT2D eigenvalue weighted by atomic mass is 10.0. The van der Waals surface area contributed by atoms with Gasteiger partial charge in [0.05, 0.1) is 0 Å². The molecule has 1 rings (SSSR count). The van der Waals surface area contributed by atoms with Crippen molar-refractivity contribution < 1.29 is 14.7 Å². The molecule has 18 heavy (non-hydrogen) atoms. The molecule has 0 atom stereocenters. The molecule has 0 aromatic heterocycles. The molecule has 0 radical (unpaired) electrons. The predicted octanol–water partition coefficient (Wildman–Crippen LogP) is 2.20. The molecule has 0 aliphatic carbocycles. The zero-order valence-corrected chi connectivity index (χ0v) is 12.1. The lowest BCUT2D eigenvalue weighted by Crippen LogP contribution is -2.46. The molecule has 0 aromatic rings. The second-order valence-electron chi connectivity index (χ2n) is 4.61. The Hall–Kier alpha value is -0.780. The number of carbonyl (C=O) groups is 2. The van der Waals surface area contributed by atoms with Gasteiger partial charge < -0.3 is 15.3 Å². The summed E-state index contributed by atoms with van der Waals surface area (Å²) in [5, 5.41) is 12.8. The molecular weight excluding hydrogens is 300 g/mol. The summed E-state index contributed by atoms with van der Waals surface area (Å²) in [6.45, 7) is 1.04. The summed E-state index contributed by atoms with van der Waals surface area (Å²) in [6, 6.07) is 0.143. The Balaban J connectivity index is 2.12. The highest BCUT2D eigenvalue weighted by Crippen LogP contribution is 2.11. The molecule has 0 spiro atoms. The van der Waals surface area contributed by atoms with Crippen molar-refractivity contribution in [2.45, 2.75) is 44.6 Å². The Bertz CT molecular complexity index is 278. The van der Waals surface area contributed by atoms with Gasteiger partial charge in [-0.2, -0.15) is 0 Å². The van der Waals surface area contributed by atoms with Crippen LogP contribution in [0.15, 0.2) is 0 Å². The third kappa shape index (κ3) is 5.71. The van der Waals surface area contributed by atoms with Crippen molar-refractivity contribution in [3.8, 4) is 0 Å². The number of amides is 2. The second kappa shape index (κ2) is 8.34. The lowest BCUT2D eigenvalue weighted by molar-refractivity contribution is -0.122. The number of likely N-dealkylation sites (tertiary alicyclic amines) is 1. The average molecular weight is 321 g/mol. The number of unbranched alkanes of at least 4 members (excludes halogenated alkanes) is 2. The minimum atomic E-state index is -0.866. The summed E-state index contributed by atoms with van der Waals surface area (Å²) in [5.41, 5.74) is 0. The van der Waals surface area contributed by atoms with E-state index in [0.29, 0.717) is 19.5 Å². The van der Waals surface area contributed by atoms with E-state index < -0.39 is 6.09 Å². The molecule has 1 saturated heterocycles. The number of carbonyl (C=O) groups excluding carboxylic acids is 1. The summed E-state index contributed by atoms with van der Waals surface area (Å²) in [6.07, 6.45) is 4.24. The first-order valence-electron chi connectivity index (χ1n) is 6.46. The van der Waals surface area contributed by atoms with Crippen molar-refractivity contribution in [2.24, 2.45) is 0 Å². The van der Waals surface area contributed by atoms with Gasteiger partial charge in [0.25, 0.3) is 0 Å². The number of carboxylic acid groups (broad SMARTS) is 1. The van der Waals surface area contributed by atoms with E-state index in [0.717, 1.165) is 37.4 Å². The number of alkyl halides is 1. The SMILES string of the molecule is O=C(CCCCCBr)NC1CCN(C(=O)O)CC1. The molecule has 2 amide bonds. The minimum Gasteiger partial charge on any atom is -0.465 e. The van der Waals surface area contributed by atoms with Crippen LogP contribution < -0.4 is 5.32 Å².